The van der Waals surface area contributed by atoms with E-state index in [-0.39, 0.29) is 0 Å². The Morgan fingerprint density at radius 3 is 2.74 bits per heavy atom. The molecule has 0 aliphatic carbocycles. The Morgan fingerprint density at radius 1 is 1.42 bits per heavy atom. The summed E-state index contributed by atoms with van der Waals surface area (Å²) in [5, 5.41) is 3.38. The average Bonchev–Trinajstić information content (AvgIpc) is 2.38. The molecule has 1 amide bonds. The Morgan fingerprint density at radius 2 is 2.16 bits per heavy atom. The maximum atomic E-state index is 11.2. The van der Waals surface area contributed by atoms with E-state index in [9.17, 15) is 4.79 Å². The van der Waals surface area contributed by atoms with Crippen LogP contribution >= 0.6 is 0 Å². The molecule has 4 heteroatoms. The number of methoxy groups -OCH3 is 1. The number of ether oxygens (including phenoxy) is 1. The van der Waals surface area contributed by atoms with Crippen molar-refractivity contribution in [1.29, 1.82) is 0 Å². The van der Waals surface area contributed by atoms with E-state index in [0.29, 0.717) is 11.6 Å². The fraction of sp³-hybridized carbons (Fsp3) is 0.533. The monoisotopic (exact) mass is 264 g/mol. The zero-order valence-electron chi connectivity index (χ0n) is 12.0. The van der Waals surface area contributed by atoms with Crippen LogP contribution in [0.5, 0.6) is 5.75 Å². The second kappa shape index (κ2) is 7.67. The van der Waals surface area contributed by atoms with Gasteiger partial charge >= 0.3 is 0 Å². The minimum Gasteiger partial charge on any atom is -0.495 e. The van der Waals surface area contributed by atoms with Crippen molar-refractivity contribution in [3.05, 3.63) is 23.8 Å². The molecule has 1 atom stereocenters. The molecule has 106 valence electrons. The number of unbranched alkanes of at least 4 members (excludes halogenated alkanes) is 2. The SMILES string of the molecule is CCCCCC(C)Nc1cc(C(N)=O)ccc1OC. The van der Waals surface area contributed by atoms with Crippen molar-refractivity contribution in [2.24, 2.45) is 5.73 Å². The lowest BCUT2D eigenvalue weighted by Crippen LogP contribution is -2.17. The van der Waals surface area contributed by atoms with Crippen LogP contribution in [0, 0.1) is 0 Å². The van der Waals surface area contributed by atoms with Gasteiger partial charge in [0.15, 0.2) is 0 Å². The first-order valence-electron chi connectivity index (χ1n) is 6.82. The minimum absolute atomic E-state index is 0.337. The van der Waals surface area contributed by atoms with Crippen LogP contribution in [0.15, 0.2) is 18.2 Å². The number of carbonyl (C=O) groups is 1. The van der Waals surface area contributed by atoms with Crippen molar-refractivity contribution in [3.63, 3.8) is 0 Å². The summed E-state index contributed by atoms with van der Waals surface area (Å²) in [7, 11) is 1.62. The van der Waals surface area contributed by atoms with Gasteiger partial charge in [-0.1, -0.05) is 26.2 Å². The number of hydrogen-bond donors (Lipinski definition) is 2. The largest absolute Gasteiger partial charge is 0.495 e. The van der Waals surface area contributed by atoms with Gasteiger partial charge in [0, 0.05) is 11.6 Å². The number of benzene rings is 1. The highest BCUT2D eigenvalue weighted by molar-refractivity contribution is 5.94. The number of primary amides is 1. The zero-order valence-corrected chi connectivity index (χ0v) is 12.0. The van der Waals surface area contributed by atoms with Crippen LogP contribution in [0.4, 0.5) is 5.69 Å². The summed E-state index contributed by atoms with van der Waals surface area (Å²) in [6.07, 6.45) is 4.75. The van der Waals surface area contributed by atoms with Crippen LogP contribution < -0.4 is 15.8 Å². The molecule has 0 spiro atoms. The maximum absolute atomic E-state index is 11.2. The van der Waals surface area contributed by atoms with E-state index in [4.69, 9.17) is 10.5 Å². The van der Waals surface area contributed by atoms with Gasteiger partial charge in [0.1, 0.15) is 5.75 Å². The van der Waals surface area contributed by atoms with Crippen molar-refractivity contribution >= 4 is 11.6 Å². The van der Waals surface area contributed by atoms with Gasteiger partial charge in [0.05, 0.1) is 12.8 Å². The van der Waals surface area contributed by atoms with E-state index in [1.54, 1.807) is 25.3 Å². The number of hydrogen-bond acceptors (Lipinski definition) is 3. The lowest BCUT2D eigenvalue weighted by molar-refractivity contribution is 0.100. The van der Waals surface area contributed by atoms with Gasteiger partial charge < -0.3 is 15.8 Å². The molecule has 3 N–H and O–H groups in total. The Hall–Kier alpha value is -1.71. The summed E-state index contributed by atoms with van der Waals surface area (Å²) in [5.41, 5.74) is 6.61. The normalized spacial score (nSPS) is 11.9. The minimum atomic E-state index is -0.427. The third-order valence-corrected chi connectivity index (χ3v) is 3.13. The summed E-state index contributed by atoms with van der Waals surface area (Å²) in [5.74, 6) is 0.302. The molecule has 0 radical (unpaired) electrons. The summed E-state index contributed by atoms with van der Waals surface area (Å²) >= 11 is 0. The average molecular weight is 264 g/mol. The molecule has 0 aromatic heterocycles. The fourth-order valence-corrected chi connectivity index (χ4v) is 2.01. The lowest BCUT2D eigenvalue weighted by atomic mass is 10.1. The van der Waals surface area contributed by atoms with Gasteiger partial charge in [0.2, 0.25) is 5.91 Å². The summed E-state index contributed by atoms with van der Waals surface area (Å²) < 4.78 is 5.29. The summed E-state index contributed by atoms with van der Waals surface area (Å²) in [6, 6.07) is 5.52. The van der Waals surface area contributed by atoms with Gasteiger partial charge in [-0.2, -0.15) is 0 Å². The van der Waals surface area contributed by atoms with Crippen molar-refractivity contribution in [3.8, 4) is 5.75 Å². The number of anilines is 1. The van der Waals surface area contributed by atoms with Crippen LogP contribution in [0.3, 0.4) is 0 Å². The molecule has 0 bridgehead atoms. The molecule has 0 fully saturated rings. The number of amides is 1. The molecule has 4 nitrogen and oxygen atoms in total. The Bertz CT molecular complexity index is 419. The van der Waals surface area contributed by atoms with Crippen LogP contribution in [0.1, 0.15) is 49.9 Å². The molecular weight excluding hydrogens is 240 g/mol. The highest BCUT2D eigenvalue weighted by Gasteiger charge is 2.10. The topological polar surface area (TPSA) is 64.3 Å². The third kappa shape index (κ3) is 4.81. The molecule has 0 heterocycles. The first-order valence-corrected chi connectivity index (χ1v) is 6.82. The predicted octanol–water partition coefficient (Wildman–Crippen LogP) is 3.17. The number of rotatable bonds is 8. The van der Waals surface area contributed by atoms with Gasteiger partial charge in [-0.25, -0.2) is 0 Å². The van der Waals surface area contributed by atoms with Crippen molar-refractivity contribution in [1.82, 2.24) is 0 Å². The molecule has 0 saturated heterocycles. The highest BCUT2D eigenvalue weighted by Crippen LogP contribution is 2.26. The molecule has 0 aliphatic heterocycles. The van der Waals surface area contributed by atoms with Gasteiger partial charge in [0.25, 0.3) is 0 Å². The van der Waals surface area contributed by atoms with Crippen LogP contribution in [-0.2, 0) is 0 Å². The molecule has 1 aromatic rings. The molecule has 1 unspecified atom stereocenters. The van der Waals surface area contributed by atoms with Crippen LogP contribution in [-0.4, -0.2) is 19.1 Å². The third-order valence-electron chi connectivity index (χ3n) is 3.13. The second-order valence-corrected chi connectivity index (χ2v) is 4.82. The first-order chi connectivity index (χ1) is 9.08. The van der Waals surface area contributed by atoms with Gasteiger partial charge in [-0.15, -0.1) is 0 Å². The first kappa shape index (κ1) is 15.3. The second-order valence-electron chi connectivity index (χ2n) is 4.82. The van der Waals surface area contributed by atoms with Crippen LogP contribution in [0.25, 0.3) is 0 Å². The van der Waals surface area contributed by atoms with E-state index in [2.05, 4.69) is 19.2 Å². The standard InChI is InChI=1S/C15H24N2O2/c1-4-5-6-7-11(2)17-13-10-12(15(16)18)8-9-14(13)19-3/h8-11,17H,4-7H2,1-3H3,(H2,16,18). The quantitative estimate of drug-likeness (QED) is 0.709. The number of carbonyl (C=O) groups excluding carboxylic acids is 1. The zero-order chi connectivity index (χ0) is 14.3. The fourth-order valence-electron chi connectivity index (χ4n) is 2.01. The molecule has 1 aromatic carbocycles. The molecule has 19 heavy (non-hydrogen) atoms. The van der Waals surface area contributed by atoms with E-state index in [1.165, 1.54) is 19.3 Å². The number of nitrogens with two attached hydrogens (primary N) is 1. The van der Waals surface area contributed by atoms with E-state index in [1.807, 2.05) is 0 Å². The summed E-state index contributed by atoms with van der Waals surface area (Å²) in [4.78, 5) is 11.2. The molecule has 0 saturated carbocycles. The van der Waals surface area contributed by atoms with E-state index < -0.39 is 5.91 Å². The van der Waals surface area contributed by atoms with E-state index in [0.717, 1.165) is 17.9 Å². The molecule has 1 rings (SSSR count). The molecule has 0 aliphatic rings. The van der Waals surface area contributed by atoms with Crippen LogP contribution in [0.2, 0.25) is 0 Å². The lowest BCUT2D eigenvalue weighted by Gasteiger charge is -2.18. The van der Waals surface area contributed by atoms with Gasteiger partial charge in [-0.05, 0) is 31.5 Å². The van der Waals surface area contributed by atoms with Gasteiger partial charge in [-0.3, -0.25) is 4.79 Å². The number of nitrogens with one attached hydrogen (secondary N) is 1. The van der Waals surface area contributed by atoms with Crippen molar-refractivity contribution in [2.45, 2.75) is 45.6 Å². The van der Waals surface area contributed by atoms with Crippen molar-refractivity contribution in [2.75, 3.05) is 12.4 Å². The van der Waals surface area contributed by atoms with E-state index >= 15 is 0 Å². The summed E-state index contributed by atoms with van der Waals surface area (Å²) in [6.45, 7) is 4.32. The Balaban J connectivity index is 2.74. The smallest absolute Gasteiger partial charge is 0.248 e. The Labute approximate surface area is 115 Å². The molecular formula is C15H24N2O2. The Kier molecular flexibility index (Phi) is 6.19. The predicted molar refractivity (Wildman–Crippen MR) is 78.7 cm³/mol. The van der Waals surface area contributed by atoms with Crippen molar-refractivity contribution < 1.29 is 9.53 Å². The maximum Gasteiger partial charge on any atom is 0.248 e. The highest BCUT2D eigenvalue weighted by atomic mass is 16.5.